The Kier molecular flexibility index (Phi) is 5.57. The standard InChI is InChI=1S/C22H22N2O/c1-2-24(22(25)20-14-9-15-23-17-20)21(19-12-7-4-8-13-19)16-18-10-5-3-6-11-18/h3-15,17,21H,2,16H2,1H3/t21-/m1/s1. The number of hydrogen-bond donors (Lipinski definition) is 0. The number of carbonyl (C=O) groups is 1. The maximum atomic E-state index is 13.1. The number of rotatable bonds is 6. The molecule has 0 saturated heterocycles. The van der Waals surface area contributed by atoms with Crippen LogP contribution in [-0.4, -0.2) is 22.3 Å². The quantitative estimate of drug-likeness (QED) is 0.665. The molecule has 1 amide bonds. The maximum absolute atomic E-state index is 13.1. The second kappa shape index (κ2) is 8.25. The van der Waals surface area contributed by atoms with Gasteiger partial charge in [-0.3, -0.25) is 9.78 Å². The normalized spacial score (nSPS) is 11.7. The fourth-order valence-electron chi connectivity index (χ4n) is 3.08. The van der Waals surface area contributed by atoms with Gasteiger partial charge in [-0.25, -0.2) is 0 Å². The molecule has 2 aromatic carbocycles. The number of hydrogen-bond acceptors (Lipinski definition) is 2. The summed E-state index contributed by atoms with van der Waals surface area (Å²) in [7, 11) is 0. The molecule has 1 atom stereocenters. The zero-order valence-electron chi connectivity index (χ0n) is 14.4. The van der Waals surface area contributed by atoms with E-state index >= 15 is 0 Å². The van der Waals surface area contributed by atoms with E-state index in [1.807, 2.05) is 54.3 Å². The Morgan fingerprint density at radius 3 is 2.24 bits per heavy atom. The first-order valence-electron chi connectivity index (χ1n) is 8.59. The molecule has 0 aliphatic carbocycles. The van der Waals surface area contributed by atoms with Crippen LogP contribution in [0.25, 0.3) is 0 Å². The van der Waals surface area contributed by atoms with Crippen molar-refractivity contribution in [1.82, 2.24) is 9.88 Å². The summed E-state index contributed by atoms with van der Waals surface area (Å²) in [6.07, 6.45) is 4.10. The molecule has 0 fully saturated rings. The van der Waals surface area contributed by atoms with Crippen molar-refractivity contribution in [3.8, 4) is 0 Å². The second-order valence-corrected chi connectivity index (χ2v) is 5.95. The number of nitrogens with zero attached hydrogens (tertiary/aromatic N) is 2. The van der Waals surface area contributed by atoms with Crippen LogP contribution >= 0.6 is 0 Å². The number of aromatic nitrogens is 1. The van der Waals surface area contributed by atoms with Gasteiger partial charge < -0.3 is 4.90 Å². The van der Waals surface area contributed by atoms with Crippen LogP contribution < -0.4 is 0 Å². The van der Waals surface area contributed by atoms with Crippen LogP contribution in [0.2, 0.25) is 0 Å². The van der Waals surface area contributed by atoms with E-state index in [1.54, 1.807) is 18.5 Å². The van der Waals surface area contributed by atoms with Crippen molar-refractivity contribution in [3.05, 3.63) is 102 Å². The molecular weight excluding hydrogens is 308 g/mol. The summed E-state index contributed by atoms with van der Waals surface area (Å²) in [6, 6.07) is 24.1. The number of carbonyl (C=O) groups excluding carboxylic acids is 1. The number of likely N-dealkylation sites (N-methyl/N-ethyl adjacent to an activating group) is 1. The third kappa shape index (κ3) is 4.13. The first kappa shape index (κ1) is 16.9. The molecule has 1 aromatic heterocycles. The lowest BCUT2D eigenvalue weighted by Crippen LogP contribution is -2.36. The van der Waals surface area contributed by atoms with Crippen molar-refractivity contribution in [1.29, 1.82) is 0 Å². The summed E-state index contributed by atoms with van der Waals surface area (Å²) in [5.41, 5.74) is 2.98. The zero-order chi connectivity index (χ0) is 17.5. The SMILES string of the molecule is CCN(C(=O)c1cccnc1)[C@H](Cc1ccccc1)c1ccccc1. The van der Waals surface area contributed by atoms with Crippen molar-refractivity contribution >= 4 is 5.91 Å². The molecule has 3 aromatic rings. The van der Waals surface area contributed by atoms with Gasteiger partial charge in [0, 0.05) is 18.9 Å². The largest absolute Gasteiger partial charge is 0.332 e. The van der Waals surface area contributed by atoms with Crippen LogP contribution in [0.4, 0.5) is 0 Å². The minimum atomic E-state index is -0.0127. The highest BCUT2D eigenvalue weighted by molar-refractivity contribution is 5.94. The molecule has 0 aliphatic rings. The van der Waals surface area contributed by atoms with Crippen molar-refractivity contribution in [3.63, 3.8) is 0 Å². The molecule has 0 saturated carbocycles. The van der Waals surface area contributed by atoms with Crippen molar-refractivity contribution in [2.75, 3.05) is 6.54 Å². The van der Waals surface area contributed by atoms with Gasteiger partial charge in [-0.05, 0) is 36.6 Å². The van der Waals surface area contributed by atoms with Gasteiger partial charge >= 0.3 is 0 Å². The fraction of sp³-hybridized carbons (Fsp3) is 0.182. The summed E-state index contributed by atoms with van der Waals surface area (Å²) in [4.78, 5) is 19.1. The van der Waals surface area contributed by atoms with Crippen LogP contribution in [0.1, 0.15) is 34.5 Å². The molecule has 126 valence electrons. The average Bonchev–Trinajstić information content (AvgIpc) is 2.70. The summed E-state index contributed by atoms with van der Waals surface area (Å²) < 4.78 is 0. The van der Waals surface area contributed by atoms with Crippen LogP contribution in [0.5, 0.6) is 0 Å². The summed E-state index contributed by atoms with van der Waals surface area (Å²) in [5.74, 6) is 0.0142. The van der Waals surface area contributed by atoms with Crippen LogP contribution in [0.15, 0.2) is 85.2 Å². The van der Waals surface area contributed by atoms with Gasteiger partial charge in [0.1, 0.15) is 0 Å². The Morgan fingerprint density at radius 2 is 1.64 bits per heavy atom. The molecule has 0 N–H and O–H groups in total. The van der Waals surface area contributed by atoms with E-state index in [1.165, 1.54) is 5.56 Å². The molecule has 1 heterocycles. The Bertz CT molecular complexity index is 788. The second-order valence-electron chi connectivity index (χ2n) is 5.95. The molecule has 3 nitrogen and oxygen atoms in total. The highest BCUT2D eigenvalue weighted by Gasteiger charge is 2.25. The summed E-state index contributed by atoms with van der Waals surface area (Å²) in [5, 5.41) is 0. The topological polar surface area (TPSA) is 33.2 Å². The van der Waals surface area contributed by atoms with Crippen molar-refractivity contribution < 1.29 is 4.79 Å². The van der Waals surface area contributed by atoms with Crippen LogP contribution in [0.3, 0.4) is 0 Å². The first-order chi connectivity index (χ1) is 12.3. The van der Waals surface area contributed by atoms with E-state index in [0.717, 1.165) is 12.0 Å². The zero-order valence-corrected chi connectivity index (χ0v) is 14.4. The summed E-state index contributed by atoms with van der Waals surface area (Å²) in [6.45, 7) is 2.66. The lowest BCUT2D eigenvalue weighted by atomic mass is 9.96. The Labute approximate surface area is 149 Å². The van der Waals surface area contributed by atoms with Gasteiger partial charge in [-0.15, -0.1) is 0 Å². The van der Waals surface area contributed by atoms with Crippen LogP contribution in [-0.2, 0) is 6.42 Å². The van der Waals surface area contributed by atoms with Crippen molar-refractivity contribution in [2.45, 2.75) is 19.4 Å². The third-order valence-electron chi connectivity index (χ3n) is 4.34. The molecule has 0 spiro atoms. The van der Waals surface area contributed by atoms with Crippen LogP contribution in [0, 0.1) is 0 Å². The van der Waals surface area contributed by atoms with E-state index in [9.17, 15) is 4.79 Å². The number of benzene rings is 2. The smallest absolute Gasteiger partial charge is 0.255 e. The number of amides is 1. The predicted octanol–water partition coefficient (Wildman–Crippen LogP) is 4.53. The Morgan fingerprint density at radius 1 is 0.960 bits per heavy atom. The molecule has 3 rings (SSSR count). The van der Waals surface area contributed by atoms with Gasteiger partial charge in [-0.1, -0.05) is 60.7 Å². The van der Waals surface area contributed by atoms with E-state index in [2.05, 4.69) is 29.2 Å². The molecule has 0 aliphatic heterocycles. The third-order valence-corrected chi connectivity index (χ3v) is 4.34. The van der Waals surface area contributed by atoms with E-state index in [-0.39, 0.29) is 11.9 Å². The fourth-order valence-corrected chi connectivity index (χ4v) is 3.08. The van der Waals surface area contributed by atoms with Crippen molar-refractivity contribution in [2.24, 2.45) is 0 Å². The minimum absolute atomic E-state index is 0.0127. The summed E-state index contributed by atoms with van der Waals surface area (Å²) >= 11 is 0. The molecule has 3 heteroatoms. The predicted molar refractivity (Wildman–Crippen MR) is 100 cm³/mol. The lowest BCUT2D eigenvalue weighted by Gasteiger charge is -2.31. The van der Waals surface area contributed by atoms with E-state index < -0.39 is 0 Å². The molecule has 25 heavy (non-hydrogen) atoms. The lowest BCUT2D eigenvalue weighted by molar-refractivity contribution is 0.0686. The highest BCUT2D eigenvalue weighted by atomic mass is 16.2. The molecule has 0 unspecified atom stereocenters. The Balaban J connectivity index is 1.95. The van der Waals surface area contributed by atoms with Gasteiger partial charge in [0.15, 0.2) is 0 Å². The molecule has 0 bridgehead atoms. The average molecular weight is 330 g/mol. The minimum Gasteiger partial charge on any atom is -0.332 e. The van der Waals surface area contributed by atoms with Gasteiger partial charge in [0.2, 0.25) is 0 Å². The highest BCUT2D eigenvalue weighted by Crippen LogP contribution is 2.26. The van der Waals surface area contributed by atoms with Gasteiger partial charge in [0.05, 0.1) is 11.6 Å². The van der Waals surface area contributed by atoms with Gasteiger partial charge in [-0.2, -0.15) is 0 Å². The molecular formula is C22H22N2O. The van der Waals surface area contributed by atoms with E-state index in [0.29, 0.717) is 12.1 Å². The van der Waals surface area contributed by atoms with E-state index in [4.69, 9.17) is 0 Å². The maximum Gasteiger partial charge on any atom is 0.255 e. The molecule has 0 radical (unpaired) electrons. The Hall–Kier alpha value is -2.94. The number of pyridine rings is 1. The first-order valence-corrected chi connectivity index (χ1v) is 8.59. The monoisotopic (exact) mass is 330 g/mol. The van der Waals surface area contributed by atoms with Gasteiger partial charge in [0.25, 0.3) is 5.91 Å².